The number of anilines is 1. The molecule has 8 heteroatoms. The number of thiazole rings is 1. The number of aryl methyl sites for hydroxylation is 1. The van der Waals surface area contributed by atoms with Gasteiger partial charge in [0.05, 0.1) is 28.5 Å². The standard InChI is InChI=1S/C28H25N3O3S2/c1-4-34-21-12-10-19(11-13-21)25-24(26(32)30-20-8-6-5-7-9-20)18(3)29-28-31(25)27(33)23(36-28)16-22-17(2)14-15-35-22/h5-16,25H,4H2,1-3H3,(H,30,32)/b23-16-/t25-/m0/s1. The molecule has 0 radical (unpaired) electrons. The molecular formula is C28H25N3O3S2. The van der Waals surface area contributed by atoms with Gasteiger partial charge in [0.25, 0.3) is 11.5 Å². The monoisotopic (exact) mass is 515 g/mol. The molecule has 4 aromatic rings. The first-order valence-electron chi connectivity index (χ1n) is 11.6. The summed E-state index contributed by atoms with van der Waals surface area (Å²) in [5.74, 6) is 0.447. The summed E-state index contributed by atoms with van der Waals surface area (Å²) >= 11 is 2.94. The zero-order valence-electron chi connectivity index (χ0n) is 20.1. The molecule has 1 N–H and O–H groups in total. The van der Waals surface area contributed by atoms with Crippen molar-refractivity contribution in [1.82, 2.24) is 4.57 Å². The van der Waals surface area contributed by atoms with Gasteiger partial charge in [0, 0.05) is 10.6 Å². The molecule has 5 rings (SSSR count). The third-order valence-electron chi connectivity index (χ3n) is 5.97. The van der Waals surface area contributed by atoms with E-state index in [4.69, 9.17) is 9.73 Å². The van der Waals surface area contributed by atoms with Crippen LogP contribution in [0.2, 0.25) is 0 Å². The number of fused-ring (bicyclic) bond motifs is 1. The summed E-state index contributed by atoms with van der Waals surface area (Å²) in [6.45, 7) is 6.33. The SMILES string of the molecule is CCOc1ccc([C@H]2C(C(=O)Nc3ccccc3)=C(C)N=c3s/c(=C\c4sccc4C)c(=O)n32)cc1. The van der Waals surface area contributed by atoms with Crippen LogP contribution in [-0.2, 0) is 4.79 Å². The van der Waals surface area contributed by atoms with Crippen LogP contribution in [0.4, 0.5) is 5.69 Å². The van der Waals surface area contributed by atoms with Crippen LogP contribution in [0, 0.1) is 6.92 Å². The van der Waals surface area contributed by atoms with E-state index in [1.807, 2.05) is 92.9 Å². The Hall–Kier alpha value is -3.75. The van der Waals surface area contributed by atoms with Crippen molar-refractivity contribution < 1.29 is 9.53 Å². The molecule has 0 bridgehead atoms. The summed E-state index contributed by atoms with van der Waals surface area (Å²) in [5, 5.41) is 4.99. The van der Waals surface area contributed by atoms with Crippen molar-refractivity contribution in [3.63, 3.8) is 0 Å². The smallest absolute Gasteiger partial charge is 0.271 e. The zero-order chi connectivity index (χ0) is 25.2. The normalized spacial score (nSPS) is 15.4. The zero-order valence-corrected chi connectivity index (χ0v) is 21.8. The Bertz CT molecular complexity index is 1630. The maximum Gasteiger partial charge on any atom is 0.271 e. The van der Waals surface area contributed by atoms with Crippen LogP contribution in [0.15, 0.2) is 87.1 Å². The van der Waals surface area contributed by atoms with E-state index in [1.54, 1.807) is 15.9 Å². The fraction of sp³-hybridized carbons (Fsp3) is 0.179. The number of aromatic nitrogens is 1. The molecule has 1 aliphatic heterocycles. The van der Waals surface area contributed by atoms with Crippen molar-refractivity contribution in [3.8, 4) is 5.75 Å². The van der Waals surface area contributed by atoms with Crippen LogP contribution in [-0.4, -0.2) is 17.1 Å². The van der Waals surface area contributed by atoms with Crippen molar-refractivity contribution in [3.05, 3.63) is 113 Å². The maximum absolute atomic E-state index is 13.7. The Balaban J connectivity index is 1.67. The molecule has 2 aromatic carbocycles. The predicted octanol–water partition coefficient (Wildman–Crippen LogP) is 4.64. The number of hydrogen-bond acceptors (Lipinski definition) is 6. The van der Waals surface area contributed by atoms with Crippen LogP contribution < -0.4 is 24.9 Å². The lowest BCUT2D eigenvalue weighted by Gasteiger charge is -2.25. The highest BCUT2D eigenvalue weighted by molar-refractivity contribution is 7.11. The number of nitrogens with one attached hydrogen (secondary N) is 1. The lowest BCUT2D eigenvalue weighted by molar-refractivity contribution is -0.113. The Morgan fingerprint density at radius 1 is 1.11 bits per heavy atom. The second-order valence-corrected chi connectivity index (χ2v) is 10.3. The van der Waals surface area contributed by atoms with Crippen molar-refractivity contribution in [1.29, 1.82) is 0 Å². The molecule has 0 saturated carbocycles. The Morgan fingerprint density at radius 2 is 1.86 bits per heavy atom. The average molecular weight is 516 g/mol. The van der Waals surface area contributed by atoms with E-state index >= 15 is 0 Å². The number of amides is 1. The Morgan fingerprint density at radius 3 is 2.53 bits per heavy atom. The van der Waals surface area contributed by atoms with E-state index in [0.29, 0.717) is 32.9 Å². The van der Waals surface area contributed by atoms with E-state index in [0.717, 1.165) is 21.8 Å². The van der Waals surface area contributed by atoms with Crippen LogP contribution in [0.1, 0.15) is 35.9 Å². The molecule has 6 nitrogen and oxygen atoms in total. The molecule has 1 atom stereocenters. The van der Waals surface area contributed by atoms with Crippen molar-refractivity contribution in [2.24, 2.45) is 4.99 Å². The highest BCUT2D eigenvalue weighted by Crippen LogP contribution is 2.31. The summed E-state index contributed by atoms with van der Waals surface area (Å²) in [4.78, 5) is 33.7. The number of nitrogens with zero attached hydrogens (tertiary/aromatic N) is 2. The minimum atomic E-state index is -0.618. The minimum absolute atomic E-state index is 0.164. The highest BCUT2D eigenvalue weighted by atomic mass is 32.1. The first-order chi connectivity index (χ1) is 17.5. The molecule has 182 valence electrons. The van der Waals surface area contributed by atoms with Crippen LogP contribution in [0.25, 0.3) is 6.08 Å². The average Bonchev–Trinajstić information content (AvgIpc) is 3.41. The number of rotatable bonds is 6. The lowest BCUT2D eigenvalue weighted by atomic mass is 9.95. The van der Waals surface area contributed by atoms with Gasteiger partial charge in [-0.05, 0) is 73.7 Å². The molecule has 1 aliphatic rings. The van der Waals surface area contributed by atoms with Gasteiger partial charge in [-0.25, -0.2) is 4.99 Å². The second-order valence-electron chi connectivity index (χ2n) is 8.37. The summed E-state index contributed by atoms with van der Waals surface area (Å²) in [6.07, 6.45) is 1.92. The van der Waals surface area contributed by atoms with Gasteiger partial charge >= 0.3 is 0 Å². The minimum Gasteiger partial charge on any atom is -0.494 e. The van der Waals surface area contributed by atoms with Gasteiger partial charge in [-0.15, -0.1) is 11.3 Å². The van der Waals surface area contributed by atoms with Crippen LogP contribution >= 0.6 is 22.7 Å². The summed E-state index contributed by atoms with van der Waals surface area (Å²) < 4.78 is 7.84. The molecule has 3 heterocycles. The number of benzene rings is 2. The van der Waals surface area contributed by atoms with Crippen molar-refractivity contribution in [2.75, 3.05) is 11.9 Å². The Kier molecular flexibility index (Phi) is 6.71. The predicted molar refractivity (Wildman–Crippen MR) is 146 cm³/mol. The van der Waals surface area contributed by atoms with Gasteiger partial charge in [-0.3, -0.25) is 14.2 Å². The van der Waals surface area contributed by atoms with Gasteiger partial charge in [-0.1, -0.05) is 41.7 Å². The summed E-state index contributed by atoms with van der Waals surface area (Å²) in [5.41, 5.74) is 3.47. The first kappa shape index (κ1) is 24.0. The molecule has 0 aliphatic carbocycles. The largest absolute Gasteiger partial charge is 0.494 e. The van der Waals surface area contributed by atoms with Gasteiger partial charge in [0.2, 0.25) is 0 Å². The van der Waals surface area contributed by atoms with Gasteiger partial charge in [0.1, 0.15) is 5.75 Å². The number of thiophene rings is 1. The quantitative estimate of drug-likeness (QED) is 0.407. The molecular weight excluding hydrogens is 490 g/mol. The number of carbonyl (C=O) groups is 1. The summed E-state index contributed by atoms with van der Waals surface area (Å²) in [6, 6.07) is 18.2. The van der Waals surface area contributed by atoms with Crippen LogP contribution in [0.5, 0.6) is 5.75 Å². The van der Waals surface area contributed by atoms with E-state index in [1.165, 1.54) is 11.3 Å². The summed E-state index contributed by atoms with van der Waals surface area (Å²) in [7, 11) is 0. The third-order valence-corrected chi connectivity index (χ3v) is 7.92. The van der Waals surface area contributed by atoms with Crippen LogP contribution in [0.3, 0.4) is 0 Å². The van der Waals surface area contributed by atoms with E-state index in [9.17, 15) is 9.59 Å². The molecule has 36 heavy (non-hydrogen) atoms. The van der Waals surface area contributed by atoms with Crippen molar-refractivity contribution in [2.45, 2.75) is 26.8 Å². The Labute approximate surface area is 216 Å². The van der Waals surface area contributed by atoms with Gasteiger partial charge in [0.15, 0.2) is 4.80 Å². The second kappa shape index (κ2) is 10.1. The van der Waals surface area contributed by atoms with Gasteiger partial charge < -0.3 is 10.1 Å². The molecule has 0 spiro atoms. The topological polar surface area (TPSA) is 72.7 Å². The lowest BCUT2D eigenvalue weighted by Crippen LogP contribution is -2.40. The third kappa shape index (κ3) is 4.57. The van der Waals surface area contributed by atoms with E-state index < -0.39 is 6.04 Å². The molecule has 1 amide bonds. The van der Waals surface area contributed by atoms with Crippen molar-refractivity contribution >= 4 is 40.3 Å². The maximum atomic E-state index is 13.7. The molecule has 2 aromatic heterocycles. The highest BCUT2D eigenvalue weighted by Gasteiger charge is 2.32. The van der Waals surface area contributed by atoms with E-state index in [-0.39, 0.29) is 11.5 Å². The number of para-hydroxylation sites is 1. The number of carbonyl (C=O) groups excluding carboxylic acids is 1. The fourth-order valence-electron chi connectivity index (χ4n) is 4.21. The molecule has 0 fully saturated rings. The fourth-order valence-corrected chi connectivity index (χ4v) is 6.17. The molecule has 0 unspecified atom stereocenters. The van der Waals surface area contributed by atoms with E-state index in [2.05, 4.69) is 5.32 Å². The number of allylic oxidation sites excluding steroid dienone is 1. The van der Waals surface area contributed by atoms with Gasteiger partial charge in [-0.2, -0.15) is 0 Å². The number of ether oxygens (including phenoxy) is 1. The number of hydrogen-bond donors (Lipinski definition) is 1. The molecule has 0 saturated heterocycles. The first-order valence-corrected chi connectivity index (χ1v) is 13.3.